The van der Waals surface area contributed by atoms with E-state index in [0.717, 1.165) is 29.0 Å². The number of ketones is 1. The molecule has 39 heavy (non-hydrogen) atoms. The van der Waals surface area contributed by atoms with Gasteiger partial charge in [-0.15, -0.1) is 11.3 Å². The van der Waals surface area contributed by atoms with Crippen molar-refractivity contribution in [3.05, 3.63) is 73.8 Å². The average Bonchev–Trinajstić information content (AvgIpc) is 3.43. The summed E-state index contributed by atoms with van der Waals surface area (Å²) in [4.78, 5) is 26.0. The van der Waals surface area contributed by atoms with Gasteiger partial charge >= 0.3 is 10.3 Å². The molecule has 0 bridgehead atoms. The molecule has 2 aliphatic rings. The number of aryl methyl sites for hydroxylation is 1. The number of rotatable bonds is 8. The number of aliphatic hydroxyl groups is 1. The molecule has 0 unspecified atom stereocenters. The first kappa shape index (κ1) is 28.1. The Balaban J connectivity index is 1.37. The molecule has 4 N–H and O–H groups in total. The lowest BCUT2D eigenvalue weighted by Gasteiger charge is -2.35. The van der Waals surface area contributed by atoms with Crippen LogP contribution in [0.5, 0.6) is 0 Å². The number of hydrogen-bond acceptors (Lipinski definition) is 10. The van der Waals surface area contributed by atoms with Crippen LogP contribution < -0.4 is 10.5 Å². The maximum absolute atomic E-state index is 13.7. The zero-order valence-electron chi connectivity index (χ0n) is 21.5. The minimum Gasteiger partial charge on any atom is -0.393 e. The van der Waals surface area contributed by atoms with Gasteiger partial charge in [-0.05, 0) is 68.1 Å². The zero-order chi connectivity index (χ0) is 27.9. The van der Waals surface area contributed by atoms with Crippen LogP contribution in [0.2, 0.25) is 5.02 Å². The first-order valence-electron chi connectivity index (χ1n) is 12.6. The zero-order valence-corrected chi connectivity index (χ0v) is 23.9. The summed E-state index contributed by atoms with van der Waals surface area (Å²) in [5.41, 5.74) is 3.80. The van der Waals surface area contributed by atoms with E-state index in [2.05, 4.69) is 37.5 Å². The minimum absolute atomic E-state index is 0.00803. The Hall–Kier alpha value is -2.45. The third-order valence-electron chi connectivity index (χ3n) is 7.45. The number of likely N-dealkylation sites (N-methyl/N-ethyl adjacent to an activating group) is 1. The highest BCUT2D eigenvalue weighted by atomic mass is 35.5. The third-order valence-corrected chi connectivity index (χ3v) is 9.22. The Morgan fingerprint density at radius 1 is 1.31 bits per heavy atom. The molecule has 5 rings (SSSR count). The van der Waals surface area contributed by atoms with Crippen LogP contribution in [0.4, 0.5) is 5.82 Å². The highest BCUT2D eigenvalue weighted by Crippen LogP contribution is 2.40. The van der Waals surface area contributed by atoms with Crippen LogP contribution in [0.3, 0.4) is 0 Å². The summed E-state index contributed by atoms with van der Waals surface area (Å²) in [6, 6.07) is 7.72. The van der Waals surface area contributed by atoms with Crippen molar-refractivity contribution in [3.8, 4) is 0 Å². The fourth-order valence-electron chi connectivity index (χ4n) is 5.51. The van der Waals surface area contributed by atoms with E-state index < -0.39 is 22.3 Å². The van der Waals surface area contributed by atoms with Crippen LogP contribution in [0.1, 0.15) is 55.7 Å². The van der Waals surface area contributed by atoms with Gasteiger partial charge in [0.05, 0.1) is 29.2 Å². The Bertz CT molecular complexity index is 1500. The quantitative estimate of drug-likeness (QED) is 0.336. The lowest BCUT2D eigenvalue weighted by atomic mass is 9.88. The van der Waals surface area contributed by atoms with Gasteiger partial charge in [0.15, 0.2) is 0 Å². The summed E-state index contributed by atoms with van der Waals surface area (Å²) < 4.78 is 27.0. The van der Waals surface area contributed by atoms with Crippen LogP contribution in [0, 0.1) is 12.8 Å². The number of nitrogens with one attached hydrogen (secondary N) is 1. The second-order valence-corrected chi connectivity index (χ2v) is 13.0. The summed E-state index contributed by atoms with van der Waals surface area (Å²) in [5, 5.41) is 19.2. The molecule has 0 amide bonds. The van der Waals surface area contributed by atoms with Crippen LogP contribution in [-0.2, 0) is 20.9 Å². The Morgan fingerprint density at radius 2 is 2.10 bits per heavy atom. The van der Waals surface area contributed by atoms with Gasteiger partial charge in [-0.25, -0.2) is 15.1 Å². The number of nitrogens with zero attached hydrogens (tertiary/aromatic N) is 3. The maximum atomic E-state index is 13.7. The largest absolute Gasteiger partial charge is 0.393 e. The molecule has 208 valence electrons. The maximum Gasteiger partial charge on any atom is 0.333 e. The summed E-state index contributed by atoms with van der Waals surface area (Å²) >= 11 is 7.78. The first-order valence-corrected chi connectivity index (χ1v) is 15.2. The lowest BCUT2D eigenvalue weighted by molar-refractivity contribution is 0.101. The number of carbonyl (C=O) groups excluding carboxylic acids is 1. The van der Waals surface area contributed by atoms with Gasteiger partial charge in [0.1, 0.15) is 12.1 Å². The van der Waals surface area contributed by atoms with Gasteiger partial charge in [0.25, 0.3) is 0 Å². The highest BCUT2D eigenvalue weighted by Gasteiger charge is 2.35. The molecule has 2 aromatic heterocycles. The molecule has 0 radical (unpaired) electrons. The van der Waals surface area contributed by atoms with Gasteiger partial charge in [0, 0.05) is 34.6 Å². The number of carbonyl (C=O) groups is 1. The Kier molecular flexibility index (Phi) is 8.07. The van der Waals surface area contributed by atoms with Crippen molar-refractivity contribution in [2.24, 2.45) is 11.1 Å². The fourth-order valence-corrected chi connectivity index (χ4v) is 7.07. The predicted octanol–water partition coefficient (Wildman–Crippen LogP) is 3.08. The number of aliphatic hydroxyl groups excluding tert-OH is 1. The van der Waals surface area contributed by atoms with E-state index in [1.807, 2.05) is 25.1 Å². The number of anilines is 1. The van der Waals surface area contributed by atoms with E-state index >= 15 is 0 Å². The van der Waals surface area contributed by atoms with E-state index in [1.165, 1.54) is 29.4 Å². The van der Waals surface area contributed by atoms with E-state index in [1.54, 1.807) is 0 Å². The number of fused-ring (bicyclic) bond motifs is 1. The molecule has 1 aromatic carbocycles. The summed E-state index contributed by atoms with van der Waals surface area (Å²) in [5.74, 6) is -0.261. The van der Waals surface area contributed by atoms with Gasteiger partial charge in [-0.2, -0.15) is 8.42 Å². The highest BCUT2D eigenvalue weighted by molar-refractivity contribution is 7.84. The minimum atomic E-state index is -4.10. The number of hydrogen-bond donors (Lipinski definition) is 3. The molecule has 1 saturated carbocycles. The molecule has 1 fully saturated rings. The van der Waals surface area contributed by atoms with Gasteiger partial charge in [0.2, 0.25) is 5.78 Å². The van der Waals surface area contributed by atoms with Crippen molar-refractivity contribution in [3.63, 3.8) is 0 Å². The number of aromatic nitrogens is 2. The summed E-state index contributed by atoms with van der Waals surface area (Å²) in [6.45, 7) is 2.71. The predicted molar refractivity (Wildman–Crippen MR) is 149 cm³/mol. The normalized spacial score (nSPS) is 23.5. The van der Waals surface area contributed by atoms with Crippen LogP contribution in [-0.4, -0.2) is 66.5 Å². The molecular formula is C26H30ClN5O5S2. The first-order chi connectivity index (χ1) is 18.5. The monoisotopic (exact) mass is 591 g/mol. The number of benzene rings is 1. The number of halogens is 1. The fraction of sp³-hybridized carbons (Fsp3) is 0.423. The van der Waals surface area contributed by atoms with E-state index in [4.69, 9.17) is 16.7 Å². The van der Waals surface area contributed by atoms with Crippen molar-refractivity contribution in [2.75, 3.05) is 25.5 Å². The molecule has 0 saturated heterocycles. The van der Waals surface area contributed by atoms with E-state index in [-0.39, 0.29) is 24.5 Å². The topological polar surface area (TPSA) is 148 Å². The van der Waals surface area contributed by atoms with Crippen LogP contribution >= 0.6 is 22.9 Å². The Labute approximate surface area is 236 Å². The average molecular weight is 592 g/mol. The number of nitrogens with two attached hydrogens (primary N) is 1. The molecule has 10 nitrogen and oxygen atoms in total. The van der Waals surface area contributed by atoms with Crippen LogP contribution in [0.25, 0.3) is 0 Å². The third kappa shape index (κ3) is 6.17. The van der Waals surface area contributed by atoms with Gasteiger partial charge in [-0.3, -0.25) is 13.9 Å². The van der Waals surface area contributed by atoms with Crippen molar-refractivity contribution in [1.29, 1.82) is 0 Å². The molecule has 3 aromatic rings. The standard InChI is InChI=1S/C26H30ClN5O5S2/c1-14-19(24-20-8-17(27)4-3-15(20)5-6-32(24)2)10-23(38-14)25(34)21-11-29-13-30-26(21)31-18-7-16(22(33)9-18)12-37-39(28,35)36/h3-4,8,10-11,13,16,18,22,24,33H,5-7,9,12H2,1-2H3,(H2,28,35,36)(H,29,30,31)/t16-,18-,22+,24-/m1/s1. The lowest BCUT2D eigenvalue weighted by Crippen LogP contribution is -2.33. The van der Waals surface area contributed by atoms with E-state index in [9.17, 15) is 18.3 Å². The second kappa shape index (κ2) is 11.2. The van der Waals surface area contributed by atoms with E-state index in [0.29, 0.717) is 34.1 Å². The molecule has 1 aliphatic heterocycles. The molecular weight excluding hydrogens is 562 g/mol. The van der Waals surface area contributed by atoms with Crippen molar-refractivity contribution < 1.29 is 22.5 Å². The van der Waals surface area contributed by atoms with Crippen LogP contribution in [0.15, 0.2) is 36.8 Å². The number of thiophene rings is 1. The molecule has 13 heteroatoms. The summed E-state index contributed by atoms with van der Waals surface area (Å²) in [6.07, 6.45) is 3.77. The second-order valence-electron chi connectivity index (χ2n) is 10.1. The molecule has 4 atom stereocenters. The SMILES string of the molecule is Cc1sc(C(=O)c2cncnc2N[C@@H]2C[C@H](COS(N)(=O)=O)[C@@H](O)C2)cc1[C@@H]1c2cc(Cl)ccc2CCN1C. The Morgan fingerprint density at radius 3 is 2.87 bits per heavy atom. The van der Waals surface area contributed by atoms with Crippen molar-refractivity contribution >= 4 is 44.8 Å². The molecule has 1 aliphatic carbocycles. The van der Waals surface area contributed by atoms with Gasteiger partial charge in [-0.1, -0.05) is 17.7 Å². The molecule has 3 heterocycles. The smallest absolute Gasteiger partial charge is 0.333 e. The molecule has 0 spiro atoms. The van der Waals surface area contributed by atoms with Crippen molar-refractivity contribution in [2.45, 2.75) is 44.4 Å². The summed E-state index contributed by atoms with van der Waals surface area (Å²) in [7, 11) is -2.02. The van der Waals surface area contributed by atoms with Crippen molar-refractivity contribution in [1.82, 2.24) is 14.9 Å². The van der Waals surface area contributed by atoms with Gasteiger partial charge < -0.3 is 10.4 Å².